The summed E-state index contributed by atoms with van der Waals surface area (Å²) in [6, 6.07) is 27.4. The highest BCUT2D eigenvalue weighted by Crippen LogP contribution is 2.23. The first-order chi connectivity index (χ1) is 13.1. The highest BCUT2D eigenvalue weighted by atomic mass is 32.2. The molecular formula is C24H24O2S. The van der Waals surface area contributed by atoms with E-state index < -0.39 is 16.9 Å². The smallest absolute Gasteiger partial charge is 0.0880 e. The number of aliphatic hydroxyl groups excluding tert-OH is 1. The van der Waals surface area contributed by atoms with E-state index in [0.717, 1.165) is 23.1 Å². The quantitative estimate of drug-likeness (QED) is 0.620. The molecule has 0 heterocycles. The molecule has 0 saturated heterocycles. The standard InChI is InChI=1S/C24H24O2S/c1-19-12-15-22(16-13-19)27(26)24(18-21-10-6-3-7-11-21)23(25)17-14-20-8-4-2-5-9-20/h2-13,15-16,18,23,25H,14,17H2,1H3/b24-18+/t23-,27?/m1/s1. The van der Waals surface area contributed by atoms with Gasteiger partial charge in [-0.3, -0.25) is 0 Å². The van der Waals surface area contributed by atoms with Crippen molar-refractivity contribution in [3.63, 3.8) is 0 Å². The molecule has 0 radical (unpaired) electrons. The van der Waals surface area contributed by atoms with Gasteiger partial charge in [-0.25, -0.2) is 4.21 Å². The normalized spacial score (nSPS) is 13.9. The molecule has 138 valence electrons. The monoisotopic (exact) mass is 376 g/mol. The van der Waals surface area contributed by atoms with Crippen LogP contribution in [0.2, 0.25) is 0 Å². The maximum Gasteiger partial charge on any atom is 0.0880 e. The minimum atomic E-state index is -1.41. The van der Waals surface area contributed by atoms with Crippen molar-refractivity contribution in [2.75, 3.05) is 0 Å². The highest BCUT2D eigenvalue weighted by molar-refractivity contribution is 7.89. The first-order valence-corrected chi connectivity index (χ1v) is 10.3. The zero-order valence-electron chi connectivity index (χ0n) is 15.4. The van der Waals surface area contributed by atoms with Gasteiger partial charge in [0.05, 0.1) is 21.8 Å². The van der Waals surface area contributed by atoms with Crippen LogP contribution in [0.25, 0.3) is 6.08 Å². The molecule has 3 aromatic carbocycles. The van der Waals surface area contributed by atoms with E-state index in [4.69, 9.17) is 0 Å². The number of hydrogen-bond acceptors (Lipinski definition) is 2. The lowest BCUT2D eigenvalue weighted by molar-refractivity contribution is 0.209. The first-order valence-electron chi connectivity index (χ1n) is 9.10. The second-order valence-electron chi connectivity index (χ2n) is 6.58. The molecule has 0 aliphatic heterocycles. The summed E-state index contributed by atoms with van der Waals surface area (Å²) in [5.74, 6) is 0. The fraction of sp³-hybridized carbons (Fsp3) is 0.167. The Kier molecular flexibility index (Phi) is 6.74. The number of benzene rings is 3. The summed E-state index contributed by atoms with van der Waals surface area (Å²) >= 11 is 0. The maximum atomic E-state index is 13.2. The minimum Gasteiger partial charge on any atom is -0.388 e. The average molecular weight is 377 g/mol. The Bertz CT molecular complexity index is 900. The predicted octanol–water partition coefficient (Wildman–Crippen LogP) is 5.14. The fourth-order valence-corrected chi connectivity index (χ4v) is 4.14. The van der Waals surface area contributed by atoms with Crippen molar-refractivity contribution >= 4 is 16.9 Å². The number of rotatable bonds is 7. The van der Waals surface area contributed by atoms with Gasteiger partial charge in [-0.2, -0.15) is 0 Å². The van der Waals surface area contributed by atoms with E-state index in [1.54, 1.807) is 0 Å². The summed E-state index contributed by atoms with van der Waals surface area (Å²) in [4.78, 5) is 1.25. The van der Waals surface area contributed by atoms with Crippen LogP contribution in [0.15, 0.2) is 94.7 Å². The van der Waals surface area contributed by atoms with Crippen molar-refractivity contribution in [2.24, 2.45) is 0 Å². The largest absolute Gasteiger partial charge is 0.388 e. The van der Waals surface area contributed by atoms with E-state index in [0.29, 0.717) is 16.2 Å². The molecule has 0 bridgehead atoms. The van der Waals surface area contributed by atoms with Gasteiger partial charge >= 0.3 is 0 Å². The van der Waals surface area contributed by atoms with Gasteiger partial charge in [0.1, 0.15) is 0 Å². The van der Waals surface area contributed by atoms with Gasteiger partial charge in [-0.15, -0.1) is 0 Å². The molecule has 3 aromatic rings. The van der Waals surface area contributed by atoms with Crippen LogP contribution in [0.1, 0.15) is 23.1 Å². The Balaban J connectivity index is 1.86. The van der Waals surface area contributed by atoms with Crippen LogP contribution in [0, 0.1) is 6.92 Å². The van der Waals surface area contributed by atoms with Crippen LogP contribution < -0.4 is 0 Å². The summed E-state index contributed by atoms with van der Waals surface area (Å²) in [5.41, 5.74) is 3.22. The average Bonchev–Trinajstić information content (AvgIpc) is 2.72. The Morgan fingerprint density at radius 3 is 2.15 bits per heavy atom. The summed E-state index contributed by atoms with van der Waals surface area (Å²) in [7, 11) is -1.41. The zero-order valence-corrected chi connectivity index (χ0v) is 16.2. The van der Waals surface area contributed by atoms with Gasteiger partial charge in [0.25, 0.3) is 0 Å². The zero-order chi connectivity index (χ0) is 19.1. The van der Waals surface area contributed by atoms with Crippen molar-refractivity contribution < 1.29 is 9.32 Å². The highest BCUT2D eigenvalue weighted by Gasteiger charge is 2.19. The van der Waals surface area contributed by atoms with E-state index in [1.807, 2.05) is 97.9 Å². The molecule has 27 heavy (non-hydrogen) atoms. The molecule has 0 aliphatic carbocycles. The molecule has 1 N–H and O–H groups in total. The van der Waals surface area contributed by atoms with E-state index in [2.05, 4.69) is 0 Å². The lowest BCUT2D eigenvalue weighted by Crippen LogP contribution is -2.16. The van der Waals surface area contributed by atoms with Crippen molar-refractivity contribution in [3.05, 3.63) is 107 Å². The van der Waals surface area contributed by atoms with E-state index in [-0.39, 0.29) is 0 Å². The SMILES string of the molecule is Cc1ccc(S(=O)/C(=C/c2ccccc2)[C@H](O)CCc2ccccc2)cc1. The van der Waals surface area contributed by atoms with Gasteiger partial charge in [-0.1, -0.05) is 78.4 Å². The maximum absolute atomic E-state index is 13.2. The molecule has 1 unspecified atom stereocenters. The molecule has 3 rings (SSSR count). The lowest BCUT2D eigenvalue weighted by atomic mass is 10.1. The van der Waals surface area contributed by atoms with Gasteiger partial charge in [0.15, 0.2) is 0 Å². The van der Waals surface area contributed by atoms with Crippen molar-refractivity contribution in [1.82, 2.24) is 0 Å². The number of hydrogen-bond donors (Lipinski definition) is 1. The van der Waals surface area contributed by atoms with Crippen molar-refractivity contribution in [1.29, 1.82) is 0 Å². The summed E-state index contributed by atoms with van der Waals surface area (Å²) in [5, 5.41) is 10.9. The van der Waals surface area contributed by atoms with Crippen LogP contribution in [0.4, 0.5) is 0 Å². The Labute approximate surface area is 163 Å². The van der Waals surface area contributed by atoms with E-state index >= 15 is 0 Å². The van der Waals surface area contributed by atoms with E-state index in [1.165, 1.54) is 0 Å². The Morgan fingerprint density at radius 2 is 1.52 bits per heavy atom. The predicted molar refractivity (Wildman–Crippen MR) is 113 cm³/mol. The number of aliphatic hydroxyl groups is 1. The molecule has 2 atom stereocenters. The molecule has 0 fully saturated rings. The second-order valence-corrected chi connectivity index (χ2v) is 8.06. The summed E-state index contributed by atoms with van der Waals surface area (Å²) < 4.78 is 13.2. The van der Waals surface area contributed by atoms with Crippen LogP contribution >= 0.6 is 0 Å². The van der Waals surface area contributed by atoms with Gasteiger partial charge in [0.2, 0.25) is 0 Å². The molecule has 0 saturated carbocycles. The van der Waals surface area contributed by atoms with Crippen molar-refractivity contribution in [3.8, 4) is 0 Å². The lowest BCUT2D eigenvalue weighted by Gasteiger charge is -2.16. The summed E-state index contributed by atoms with van der Waals surface area (Å²) in [6.07, 6.45) is 2.35. The molecule has 0 spiro atoms. The molecule has 2 nitrogen and oxygen atoms in total. The Hall–Kier alpha value is -2.49. The fourth-order valence-electron chi connectivity index (χ4n) is 2.88. The molecule has 3 heteroatoms. The topological polar surface area (TPSA) is 37.3 Å². The van der Waals surface area contributed by atoms with Crippen LogP contribution in [-0.4, -0.2) is 15.4 Å². The van der Waals surface area contributed by atoms with Crippen molar-refractivity contribution in [2.45, 2.75) is 30.8 Å². The van der Waals surface area contributed by atoms with Crippen LogP contribution in [0.5, 0.6) is 0 Å². The Morgan fingerprint density at radius 1 is 0.926 bits per heavy atom. The van der Waals surface area contributed by atoms with E-state index in [9.17, 15) is 9.32 Å². The summed E-state index contributed by atoms with van der Waals surface area (Å²) in [6.45, 7) is 2.00. The van der Waals surface area contributed by atoms with Crippen LogP contribution in [-0.2, 0) is 17.2 Å². The molecule has 0 aromatic heterocycles. The first kappa shape index (κ1) is 19.3. The molecular weight excluding hydrogens is 352 g/mol. The third kappa shape index (κ3) is 5.49. The van der Waals surface area contributed by atoms with Gasteiger partial charge < -0.3 is 5.11 Å². The molecule has 0 amide bonds. The third-order valence-corrected chi connectivity index (χ3v) is 5.95. The minimum absolute atomic E-state index is 0.528. The number of aryl methyl sites for hydroxylation is 2. The van der Waals surface area contributed by atoms with Gasteiger partial charge in [0, 0.05) is 4.90 Å². The molecule has 0 aliphatic rings. The van der Waals surface area contributed by atoms with Gasteiger partial charge in [-0.05, 0) is 49.1 Å². The third-order valence-electron chi connectivity index (χ3n) is 4.44. The van der Waals surface area contributed by atoms with Crippen LogP contribution in [0.3, 0.4) is 0 Å². The second kappa shape index (κ2) is 9.45.